The summed E-state index contributed by atoms with van der Waals surface area (Å²) in [5.74, 6) is 0. The fraction of sp³-hybridized carbons (Fsp3) is 0.400. The lowest BCUT2D eigenvalue weighted by molar-refractivity contribution is 0.602. The molecule has 110 valence electrons. The first-order valence-corrected chi connectivity index (χ1v) is 8.12. The van der Waals surface area contributed by atoms with E-state index in [1.54, 1.807) is 0 Å². The molecule has 3 rings (SSSR count). The second-order valence-corrected chi connectivity index (χ2v) is 6.28. The van der Waals surface area contributed by atoms with Crippen LogP contribution in [0, 0.1) is 13.8 Å². The third-order valence-corrected chi connectivity index (χ3v) is 4.79. The summed E-state index contributed by atoms with van der Waals surface area (Å²) in [5.41, 5.74) is 5.65. The van der Waals surface area contributed by atoms with Crippen LogP contribution in [0.15, 0.2) is 48.5 Å². The summed E-state index contributed by atoms with van der Waals surface area (Å²) >= 11 is 0. The Balaban J connectivity index is 1.93. The Hall–Kier alpha value is -1.76. The van der Waals surface area contributed by atoms with Crippen LogP contribution in [0.25, 0.3) is 0 Å². The van der Waals surface area contributed by atoms with Gasteiger partial charge in [-0.15, -0.1) is 0 Å². The SMILES string of the molecule is Cc1ccccc1CN(c1ccccc1C)C1CCCC1. The molecule has 0 spiro atoms. The van der Waals surface area contributed by atoms with Crippen molar-refractivity contribution in [1.82, 2.24) is 0 Å². The van der Waals surface area contributed by atoms with Crippen LogP contribution in [0.1, 0.15) is 42.4 Å². The van der Waals surface area contributed by atoms with E-state index in [4.69, 9.17) is 0 Å². The van der Waals surface area contributed by atoms with Crippen LogP contribution in [-0.4, -0.2) is 6.04 Å². The molecular formula is C20H25N. The van der Waals surface area contributed by atoms with Crippen molar-refractivity contribution in [2.45, 2.75) is 52.1 Å². The molecule has 0 aliphatic heterocycles. The maximum Gasteiger partial charge on any atom is 0.0435 e. The molecule has 0 heterocycles. The average Bonchev–Trinajstić information content (AvgIpc) is 3.01. The zero-order valence-corrected chi connectivity index (χ0v) is 13.2. The Kier molecular flexibility index (Phi) is 4.28. The van der Waals surface area contributed by atoms with Gasteiger partial charge in [0.1, 0.15) is 0 Å². The van der Waals surface area contributed by atoms with Crippen molar-refractivity contribution in [3.8, 4) is 0 Å². The van der Waals surface area contributed by atoms with Gasteiger partial charge in [0.05, 0.1) is 0 Å². The number of hydrogen-bond acceptors (Lipinski definition) is 1. The summed E-state index contributed by atoms with van der Waals surface area (Å²) in [5, 5.41) is 0. The van der Waals surface area contributed by atoms with Crippen molar-refractivity contribution in [2.75, 3.05) is 4.90 Å². The number of benzene rings is 2. The highest BCUT2D eigenvalue weighted by Gasteiger charge is 2.24. The number of hydrogen-bond donors (Lipinski definition) is 0. The molecular weight excluding hydrogens is 254 g/mol. The van der Waals surface area contributed by atoms with E-state index < -0.39 is 0 Å². The fourth-order valence-electron chi connectivity index (χ4n) is 3.48. The van der Waals surface area contributed by atoms with Gasteiger partial charge in [0.15, 0.2) is 0 Å². The highest BCUT2D eigenvalue weighted by molar-refractivity contribution is 5.54. The van der Waals surface area contributed by atoms with Gasteiger partial charge in [-0.1, -0.05) is 55.3 Å². The zero-order chi connectivity index (χ0) is 14.7. The molecule has 0 bridgehead atoms. The van der Waals surface area contributed by atoms with Gasteiger partial charge in [-0.25, -0.2) is 0 Å². The standard InChI is InChI=1S/C20H25N/c1-16-9-3-5-11-18(16)15-21(19-12-6-7-13-19)20-14-8-4-10-17(20)2/h3-5,8-11,14,19H,6-7,12-13,15H2,1-2H3. The summed E-state index contributed by atoms with van der Waals surface area (Å²) in [6, 6.07) is 18.3. The predicted molar refractivity (Wildman–Crippen MR) is 90.8 cm³/mol. The van der Waals surface area contributed by atoms with Gasteiger partial charge in [-0.05, 0) is 49.4 Å². The molecule has 2 aromatic carbocycles. The minimum absolute atomic E-state index is 0.700. The molecule has 0 N–H and O–H groups in total. The van der Waals surface area contributed by atoms with Crippen LogP contribution in [0.5, 0.6) is 0 Å². The molecule has 1 fully saturated rings. The molecule has 1 aliphatic carbocycles. The van der Waals surface area contributed by atoms with Gasteiger partial charge in [0.2, 0.25) is 0 Å². The third-order valence-electron chi connectivity index (χ3n) is 4.79. The van der Waals surface area contributed by atoms with Gasteiger partial charge >= 0.3 is 0 Å². The van der Waals surface area contributed by atoms with Crippen molar-refractivity contribution >= 4 is 5.69 Å². The van der Waals surface area contributed by atoms with Crippen molar-refractivity contribution in [3.05, 3.63) is 65.2 Å². The van der Waals surface area contributed by atoms with Crippen LogP contribution in [0.3, 0.4) is 0 Å². The van der Waals surface area contributed by atoms with E-state index in [1.165, 1.54) is 48.1 Å². The largest absolute Gasteiger partial charge is 0.364 e. The summed E-state index contributed by atoms with van der Waals surface area (Å²) in [6.45, 7) is 5.48. The number of nitrogens with zero attached hydrogens (tertiary/aromatic N) is 1. The Labute approximate surface area is 128 Å². The zero-order valence-electron chi connectivity index (χ0n) is 13.2. The molecule has 21 heavy (non-hydrogen) atoms. The van der Waals surface area contributed by atoms with E-state index in [9.17, 15) is 0 Å². The molecule has 1 aliphatic rings. The van der Waals surface area contributed by atoms with E-state index >= 15 is 0 Å². The Bertz CT molecular complexity index is 596. The number of para-hydroxylation sites is 1. The van der Waals surface area contributed by atoms with Crippen LogP contribution >= 0.6 is 0 Å². The van der Waals surface area contributed by atoms with Crippen molar-refractivity contribution in [3.63, 3.8) is 0 Å². The first-order chi connectivity index (χ1) is 10.3. The lowest BCUT2D eigenvalue weighted by Gasteiger charge is -2.33. The summed E-state index contributed by atoms with van der Waals surface area (Å²) in [7, 11) is 0. The number of anilines is 1. The molecule has 0 radical (unpaired) electrons. The molecule has 0 saturated heterocycles. The van der Waals surface area contributed by atoms with E-state index in [-0.39, 0.29) is 0 Å². The second kappa shape index (κ2) is 6.34. The molecule has 0 atom stereocenters. The molecule has 0 unspecified atom stereocenters. The average molecular weight is 279 g/mol. The van der Waals surface area contributed by atoms with Crippen molar-refractivity contribution in [2.24, 2.45) is 0 Å². The first-order valence-electron chi connectivity index (χ1n) is 8.12. The van der Waals surface area contributed by atoms with Gasteiger partial charge < -0.3 is 4.90 Å². The van der Waals surface area contributed by atoms with Crippen LogP contribution in [0.4, 0.5) is 5.69 Å². The summed E-state index contributed by atoms with van der Waals surface area (Å²) in [4.78, 5) is 2.64. The molecule has 1 heteroatoms. The van der Waals surface area contributed by atoms with E-state index in [1.807, 2.05) is 0 Å². The normalized spacial score (nSPS) is 15.3. The quantitative estimate of drug-likeness (QED) is 0.738. The van der Waals surface area contributed by atoms with Gasteiger partial charge in [0.25, 0.3) is 0 Å². The smallest absolute Gasteiger partial charge is 0.0435 e. The van der Waals surface area contributed by atoms with E-state index in [0.29, 0.717) is 6.04 Å². The molecule has 1 nitrogen and oxygen atoms in total. The fourth-order valence-corrected chi connectivity index (χ4v) is 3.48. The van der Waals surface area contributed by atoms with Gasteiger partial charge in [0, 0.05) is 18.3 Å². The lowest BCUT2D eigenvalue weighted by Crippen LogP contribution is -2.33. The van der Waals surface area contributed by atoms with E-state index in [2.05, 4.69) is 67.3 Å². The Morgan fingerprint density at radius 2 is 1.48 bits per heavy atom. The van der Waals surface area contributed by atoms with Crippen LogP contribution < -0.4 is 4.90 Å². The Morgan fingerprint density at radius 3 is 2.14 bits per heavy atom. The highest BCUT2D eigenvalue weighted by Crippen LogP contribution is 2.32. The highest BCUT2D eigenvalue weighted by atomic mass is 15.2. The number of aryl methyl sites for hydroxylation is 2. The first kappa shape index (κ1) is 14.2. The number of rotatable bonds is 4. The lowest BCUT2D eigenvalue weighted by atomic mass is 10.0. The molecule has 0 aromatic heterocycles. The maximum atomic E-state index is 2.64. The van der Waals surface area contributed by atoms with Gasteiger partial charge in [-0.3, -0.25) is 0 Å². The maximum absolute atomic E-state index is 2.64. The summed E-state index contributed by atoms with van der Waals surface area (Å²) in [6.07, 6.45) is 5.42. The second-order valence-electron chi connectivity index (χ2n) is 6.28. The topological polar surface area (TPSA) is 3.24 Å². The summed E-state index contributed by atoms with van der Waals surface area (Å²) < 4.78 is 0. The molecule has 2 aromatic rings. The van der Waals surface area contributed by atoms with Crippen molar-refractivity contribution < 1.29 is 0 Å². The van der Waals surface area contributed by atoms with Crippen LogP contribution in [0.2, 0.25) is 0 Å². The molecule has 1 saturated carbocycles. The monoisotopic (exact) mass is 279 g/mol. The predicted octanol–water partition coefficient (Wildman–Crippen LogP) is 5.25. The molecule has 0 amide bonds. The Morgan fingerprint density at radius 1 is 0.857 bits per heavy atom. The minimum atomic E-state index is 0.700. The van der Waals surface area contributed by atoms with E-state index in [0.717, 1.165) is 6.54 Å². The van der Waals surface area contributed by atoms with Gasteiger partial charge in [-0.2, -0.15) is 0 Å². The van der Waals surface area contributed by atoms with Crippen molar-refractivity contribution in [1.29, 1.82) is 0 Å². The minimum Gasteiger partial charge on any atom is -0.364 e. The third kappa shape index (κ3) is 3.12. The van der Waals surface area contributed by atoms with Crippen LogP contribution in [-0.2, 0) is 6.54 Å².